The summed E-state index contributed by atoms with van der Waals surface area (Å²) in [6, 6.07) is 10.9. The maximum atomic E-state index is 12.2. The number of hydrogen-bond donors (Lipinski definition) is 1. The predicted molar refractivity (Wildman–Crippen MR) is 80.2 cm³/mol. The number of hydrogen-bond acceptors (Lipinski definition) is 2. The van der Waals surface area contributed by atoms with Crippen LogP contribution in [-0.2, 0) is 7.05 Å². The van der Waals surface area contributed by atoms with Crippen LogP contribution in [0.1, 0.15) is 34.6 Å². The predicted octanol–water partition coefficient (Wildman–Crippen LogP) is 3.15. The molecule has 0 saturated heterocycles. The summed E-state index contributed by atoms with van der Waals surface area (Å²) >= 11 is 3.35. The van der Waals surface area contributed by atoms with Gasteiger partial charge in [-0.3, -0.25) is 4.79 Å². The normalized spacial score (nSPS) is 11.7. The second kappa shape index (κ2) is 5.93. The summed E-state index contributed by atoms with van der Waals surface area (Å²) in [5.74, 6) is -0.130. The summed E-state index contributed by atoms with van der Waals surface area (Å²) in [7, 11) is 1.83. The lowest BCUT2D eigenvalue weighted by molar-refractivity contribution is 0.0931. The molecule has 1 amide bonds. The van der Waals surface area contributed by atoms with E-state index in [1.54, 1.807) is 22.8 Å². The van der Waals surface area contributed by atoms with Crippen LogP contribution in [0.3, 0.4) is 0 Å². The fourth-order valence-corrected chi connectivity index (χ4v) is 2.47. The lowest BCUT2D eigenvalue weighted by atomic mass is 10.1. The van der Waals surface area contributed by atoms with Crippen LogP contribution < -0.4 is 5.32 Å². The van der Waals surface area contributed by atoms with E-state index >= 15 is 0 Å². The number of amides is 1. The molecular weight excluding hydrogens is 318 g/mol. The van der Waals surface area contributed by atoms with E-state index in [1.807, 2.05) is 32.3 Å². The average Bonchev–Trinajstić information content (AvgIpc) is 2.78. The maximum Gasteiger partial charge on any atom is 0.268 e. The highest BCUT2D eigenvalue weighted by Gasteiger charge is 2.14. The monoisotopic (exact) mass is 331 g/mol. The van der Waals surface area contributed by atoms with Gasteiger partial charge in [-0.1, -0.05) is 12.1 Å². The van der Waals surface area contributed by atoms with E-state index in [2.05, 4.69) is 27.3 Å². The molecule has 1 N–H and O–H groups in total. The molecule has 1 unspecified atom stereocenters. The molecule has 0 aliphatic rings. The van der Waals surface area contributed by atoms with Crippen LogP contribution in [0.15, 0.2) is 41.0 Å². The number of carbonyl (C=O) groups is 1. The molecule has 5 heteroatoms. The molecule has 1 aromatic heterocycles. The summed E-state index contributed by atoms with van der Waals surface area (Å²) in [5, 5.41) is 11.7. The van der Waals surface area contributed by atoms with Crippen LogP contribution in [0.2, 0.25) is 0 Å². The van der Waals surface area contributed by atoms with Crippen molar-refractivity contribution in [2.75, 3.05) is 0 Å². The minimum Gasteiger partial charge on any atom is -0.345 e. The molecule has 0 fully saturated rings. The topological polar surface area (TPSA) is 57.8 Å². The molecule has 0 saturated carbocycles. The van der Waals surface area contributed by atoms with Crippen LogP contribution in [0.25, 0.3) is 0 Å². The molecule has 1 aromatic carbocycles. The first-order chi connectivity index (χ1) is 9.51. The van der Waals surface area contributed by atoms with Crippen LogP contribution in [0.4, 0.5) is 0 Å². The Balaban J connectivity index is 2.11. The highest BCUT2D eigenvalue weighted by atomic mass is 79.9. The molecule has 1 atom stereocenters. The summed E-state index contributed by atoms with van der Waals surface area (Å²) in [6.07, 6.45) is 1.83. The van der Waals surface area contributed by atoms with Crippen molar-refractivity contribution in [3.8, 4) is 6.07 Å². The van der Waals surface area contributed by atoms with Crippen molar-refractivity contribution >= 4 is 21.8 Å². The molecule has 0 spiro atoms. The first-order valence-electron chi connectivity index (χ1n) is 6.14. The van der Waals surface area contributed by atoms with Crippen molar-refractivity contribution in [2.24, 2.45) is 7.05 Å². The molecule has 20 heavy (non-hydrogen) atoms. The van der Waals surface area contributed by atoms with Gasteiger partial charge in [-0.15, -0.1) is 0 Å². The van der Waals surface area contributed by atoms with Gasteiger partial charge in [0.25, 0.3) is 5.91 Å². The molecule has 2 aromatic rings. The lowest BCUT2D eigenvalue weighted by Crippen LogP contribution is -2.28. The molecule has 0 radical (unpaired) electrons. The van der Waals surface area contributed by atoms with E-state index in [9.17, 15) is 4.79 Å². The number of halogens is 1. The third-order valence-electron chi connectivity index (χ3n) is 3.09. The summed E-state index contributed by atoms with van der Waals surface area (Å²) in [6.45, 7) is 1.91. The molecule has 102 valence electrons. The Morgan fingerprint density at radius 2 is 2.05 bits per heavy atom. The first kappa shape index (κ1) is 14.4. The Morgan fingerprint density at radius 1 is 1.40 bits per heavy atom. The van der Waals surface area contributed by atoms with Crippen LogP contribution in [-0.4, -0.2) is 10.5 Å². The molecule has 0 aliphatic carbocycles. The number of aromatic nitrogens is 1. The first-order valence-corrected chi connectivity index (χ1v) is 6.93. The smallest absolute Gasteiger partial charge is 0.268 e. The van der Waals surface area contributed by atoms with Crippen molar-refractivity contribution in [3.63, 3.8) is 0 Å². The molecule has 2 rings (SSSR count). The molecular formula is C15H14BrN3O. The zero-order valence-corrected chi connectivity index (χ0v) is 12.8. The van der Waals surface area contributed by atoms with Gasteiger partial charge in [-0.2, -0.15) is 5.26 Å². The van der Waals surface area contributed by atoms with Crippen molar-refractivity contribution < 1.29 is 4.79 Å². The zero-order valence-electron chi connectivity index (χ0n) is 11.2. The second-order valence-electron chi connectivity index (χ2n) is 4.58. The number of benzene rings is 1. The third kappa shape index (κ3) is 3.09. The van der Waals surface area contributed by atoms with Crippen LogP contribution in [0.5, 0.6) is 0 Å². The fourth-order valence-electron chi connectivity index (χ4n) is 1.95. The highest BCUT2D eigenvalue weighted by molar-refractivity contribution is 9.10. The largest absolute Gasteiger partial charge is 0.345 e. The van der Waals surface area contributed by atoms with Gasteiger partial charge < -0.3 is 9.88 Å². The van der Waals surface area contributed by atoms with Gasteiger partial charge in [0.15, 0.2) is 0 Å². The van der Waals surface area contributed by atoms with Crippen molar-refractivity contribution in [1.82, 2.24) is 9.88 Å². The summed E-state index contributed by atoms with van der Waals surface area (Å²) in [4.78, 5) is 12.2. The number of nitriles is 1. The fraction of sp³-hybridized carbons (Fsp3) is 0.200. The van der Waals surface area contributed by atoms with E-state index in [0.717, 1.165) is 10.0 Å². The van der Waals surface area contributed by atoms with E-state index < -0.39 is 0 Å². The van der Waals surface area contributed by atoms with E-state index in [1.165, 1.54) is 0 Å². The van der Waals surface area contributed by atoms with Crippen molar-refractivity contribution in [1.29, 1.82) is 5.26 Å². The minimum atomic E-state index is -0.130. The van der Waals surface area contributed by atoms with Crippen molar-refractivity contribution in [2.45, 2.75) is 13.0 Å². The zero-order chi connectivity index (χ0) is 14.7. The number of nitrogens with one attached hydrogen (secondary N) is 1. The van der Waals surface area contributed by atoms with E-state index in [0.29, 0.717) is 11.3 Å². The maximum absolute atomic E-state index is 12.2. The van der Waals surface area contributed by atoms with Crippen molar-refractivity contribution in [3.05, 3.63) is 57.8 Å². The van der Waals surface area contributed by atoms with Gasteiger partial charge in [-0.25, -0.2) is 0 Å². The van der Waals surface area contributed by atoms with Gasteiger partial charge in [0.1, 0.15) is 5.69 Å². The minimum absolute atomic E-state index is 0.121. The number of carbonyl (C=O) groups excluding carboxylic acids is 1. The van der Waals surface area contributed by atoms with Gasteiger partial charge in [0, 0.05) is 17.7 Å². The summed E-state index contributed by atoms with van der Waals surface area (Å²) < 4.78 is 2.64. The summed E-state index contributed by atoms with van der Waals surface area (Å²) in [5.41, 5.74) is 2.17. The Hall–Kier alpha value is -2.06. The molecule has 4 nitrogen and oxygen atoms in total. The Kier molecular flexibility index (Phi) is 4.26. The molecule has 0 aliphatic heterocycles. The Bertz CT molecular complexity index is 667. The van der Waals surface area contributed by atoms with Gasteiger partial charge in [-0.05, 0) is 46.6 Å². The second-order valence-corrected chi connectivity index (χ2v) is 5.50. The number of nitrogens with zero attached hydrogens (tertiary/aromatic N) is 2. The lowest BCUT2D eigenvalue weighted by Gasteiger charge is -2.14. The highest BCUT2D eigenvalue weighted by Crippen LogP contribution is 2.17. The average molecular weight is 332 g/mol. The molecule has 1 heterocycles. The quantitative estimate of drug-likeness (QED) is 0.939. The van der Waals surface area contributed by atoms with Gasteiger partial charge in [0.2, 0.25) is 0 Å². The van der Waals surface area contributed by atoms with Gasteiger partial charge >= 0.3 is 0 Å². The van der Waals surface area contributed by atoms with Crippen LogP contribution >= 0.6 is 15.9 Å². The third-order valence-corrected chi connectivity index (χ3v) is 3.53. The Labute approximate surface area is 126 Å². The van der Waals surface area contributed by atoms with Gasteiger partial charge in [0.05, 0.1) is 17.7 Å². The standard InChI is InChI=1S/C15H14BrN3O/c1-10(12-5-3-11(8-17)4-6-12)18-15(20)14-7-13(16)9-19(14)2/h3-7,9-10H,1-2H3,(H,18,20). The van der Waals surface area contributed by atoms with E-state index in [4.69, 9.17) is 5.26 Å². The van der Waals surface area contributed by atoms with E-state index in [-0.39, 0.29) is 11.9 Å². The number of rotatable bonds is 3. The number of aryl methyl sites for hydroxylation is 1. The molecule has 0 bridgehead atoms. The Morgan fingerprint density at radius 3 is 2.55 bits per heavy atom. The SMILES string of the molecule is CC(NC(=O)c1cc(Br)cn1C)c1ccc(C#N)cc1. The van der Waals surface area contributed by atoms with Crippen LogP contribution in [0, 0.1) is 11.3 Å².